The molecule has 0 aliphatic carbocycles. The maximum absolute atomic E-state index is 15.2. The Morgan fingerprint density at radius 2 is 1.93 bits per heavy atom. The Balaban J connectivity index is 1.20. The van der Waals surface area contributed by atoms with Crippen LogP contribution in [0.25, 0.3) is 0 Å². The lowest BCUT2D eigenvalue weighted by molar-refractivity contribution is -0.148. The highest BCUT2D eigenvalue weighted by molar-refractivity contribution is 6.42. The topological polar surface area (TPSA) is 73.8 Å². The van der Waals surface area contributed by atoms with Gasteiger partial charge in [0.25, 0.3) is 0 Å². The summed E-state index contributed by atoms with van der Waals surface area (Å²) >= 11 is 12.1. The zero-order valence-electron chi connectivity index (χ0n) is 23.6. The summed E-state index contributed by atoms with van der Waals surface area (Å²) in [4.78, 5) is 14.8. The Kier molecular flexibility index (Phi) is 8.79. The number of esters is 1. The molecule has 10 heteroatoms. The zero-order valence-corrected chi connectivity index (χ0v) is 25.1. The van der Waals surface area contributed by atoms with E-state index in [1.165, 1.54) is 7.11 Å². The number of carbonyl (C=O) groups is 1. The molecule has 0 radical (unpaired) electrons. The van der Waals surface area contributed by atoms with Crippen LogP contribution in [0.5, 0.6) is 11.5 Å². The third kappa shape index (κ3) is 6.61. The van der Waals surface area contributed by atoms with Gasteiger partial charge in [0.05, 0.1) is 29.5 Å². The van der Waals surface area contributed by atoms with Crippen LogP contribution in [-0.4, -0.2) is 40.8 Å². The van der Waals surface area contributed by atoms with Gasteiger partial charge in [0, 0.05) is 19.3 Å². The predicted octanol–water partition coefficient (Wildman–Crippen LogP) is 6.71. The fourth-order valence-corrected chi connectivity index (χ4v) is 6.14. The molecule has 3 aromatic carbocycles. The van der Waals surface area contributed by atoms with Crippen LogP contribution in [0.2, 0.25) is 10.0 Å². The van der Waals surface area contributed by atoms with Crippen LogP contribution in [-0.2, 0) is 42.1 Å². The lowest BCUT2D eigenvalue weighted by Crippen LogP contribution is -2.45. The van der Waals surface area contributed by atoms with Crippen molar-refractivity contribution in [3.05, 3.63) is 116 Å². The number of halogens is 3. The summed E-state index contributed by atoms with van der Waals surface area (Å²) in [6.45, 7) is 1.71. The van der Waals surface area contributed by atoms with Crippen LogP contribution in [0, 0.1) is 5.82 Å². The average molecular weight is 623 g/mol. The van der Waals surface area contributed by atoms with Gasteiger partial charge in [-0.15, -0.1) is 0 Å². The molecule has 2 aliphatic heterocycles. The van der Waals surface area contributed by atoms with Crippen LogP contribution < -0.4 is 9.47 Å². The molecule has 7 nitrogen and oxygen atoms in total. The number of rotatable bonds is 7. The number of carbonyl (C=O) groups excluding carboxylic acids is 1. The van der Waals surface area contributed by atoms with Gasteiger partial charge in [-0.3, -0.25) is 9.69 Å². The second-order valence-electron chi connectivity index (χ2n) is 10.9. The highest BCUT2D eigenvalue weighted by atomic mass is 35.5. The normalized spacial score (nSPS) is 18.1. The second kappa shape index (κ2) is 12.9. The Hall–Kier alpha value is -3.72. The van der Waals surface area contributed by atoms with Crippen molar-refractivity contribution in [2.75, 3.05) is 13.7 Å². The maximum atomic E-state index is 15.2. The summed E-state index contributed by atoms with van der Waals surface area (Å²) in [6, 6.07) is 17.9. The molecule has 6 rings (SSSR count). The smallest absolute Gasteiger partial charge is 0.323 e. The number of methoxy groups -OCH3 is 1. The number of hydrogen-bond acceptors (Lipinski definition) is 7. The third-order valence-corrected chi connectivity index (χ3v) is 8.81. The molecule has 0 bridgehead atoms. The molecule has 0 amide bonds. The van der Waals surface area contributed by atoms with Crippen molar-refractivity contribution < 1.29 is 23.4 Å². The van der Waals surface area contributed by atoms with Crippen LogP contribution in [0.4, 0.5) is 4.39 Å². The predicted molar refractivity (Wildman–Crippen MR) is 161 cm³/mol. The molecule has 0 spiro atoms. The highest BCUT2D eigenvalue weighted by Crippen LogP contribution is 2.38. The molecule has 0 fully saturated rings. The van der Waals surface area contributed by atoms with Crippen molar-refractivity contribution in [3.8, 4) is 11.5 Å². The van der Waals surface area contributed by atoms with E-state index in [0.717, 1.165) is 45.7 Å². The van der Waals surface area contributed by atoms with Gasteiger partial charge in [0.15, 0.2) is 11.6 Å². The molecule has 0 saturated carbocycles. The summed E-state index contributed by atoms with van der Waals surface area (Å²) in [6.07, 6.45) is 3.59. The first-order valence-corrected chi connectivity index (χ1v) is 14.9. The number of nitrogens with zero attached hydrogens (tertiary/aromatic N) is 3. The summed E-state index contributed by atoms with van der Waals surface area (Å²) in [7, 11) is 1.41. The third-order valence-electron chi connectivity index (χ3n) is 8.07. The van der Waals surface area contributed by atoms with Gasteiger partial charge >= 0.3 is 5.97 Å². The minimum Gasteiger partial charge on any atom is -0.493 e. The van der Waals surface area contributed by atoms with Crippen LogP contribution in [0.3, 0.4) is 0 Å². The largest absolute Gasteiger partial charge is 0.493 e. The number of ether oxygens (including phenoxy) is 3. The first-order valence-electron chi connectivity index (χ1n) is 14.1. The standard InChI is InChI=1S/C33H30Cl2FN3O4/c1-41-33(40)30-15-23-16-32-24(13-25(23)17-39(30)18-26-3-2-9-37-38-26)12-22(8-10-42-32)21-5-7-31(29(36)14-21)43-19-20-4-6-27(34)28(35)11-20/h2-7,9,11,13-14,16,22,30H,8,10,12,15,17-19H2,1H3/t22?,30-/m0/s1. The molecule has 2 atom stereocenters. The Labute approximate surface area is 259 Å². The van der Waals surface area contributed by atoms with Crippen LogP contribution in [0.15, 0.2) is 66.9 Å². The first kappa shape index (κ1) is 29.4. The van der Waals surface area contributed by atoms with E-state index in [9.17, 15) is 4.79 Å². The molecule has 2 aliphatic rings. The Bertz CT molecular complexity index is 1640. The fraction of sp³-hybridized carbons (Fsp3) is 0.303. The second-order valence-corrected chi connectivity index (χ2v) is 11.7. The van der Waals surface area contributed by atoms with Gasteiger partial charge in [-0.25, -0.2) is 4.39 Å². The lowest BCUT2D eigenvalue weighted by atomic mass is 9.86. The summed E-state index contributed by atoms with van der Waals surface area (Å²) in [5, 5.41) is 9.07. The van der Waals surface area contributed by atoms with E-state index in [4.69, 9.17) is 37.4 Å². The van der Waals surface area contributed by atoms with E-state index in [2.05, 4.69) is 27.2 Å². The van der Waals surface area contributed by atoms with E-state index in [1.54, 1.807) is 36.5 Å². The number of aromatic nitrogens is 2. The van der Waals surface area contributed by atoms with Crippen molar-refractivity contribution in [2.24, 2.45) is 0 Å². The minimum absolute atomic E-state index is 0.0695. The van der Waals surface area contributed by atoms with Gasteiger partial charge in [-0.1, -0.05) is 41.4 Å². The van der Waals surface area contributed by atoms with E-state index in [-0.39, 0.29) is 24.2 Å². The summed E-state index contributed by atoms with van der Waals surface area (Å²) < 4.78 is 32.2. The maximum Gasteiger partial charge on any atom is 0.323 e. The monoisotopic (exact) mass is 621 g/mol. The molecule has 43 heavy (non-hydrogen) atoms. The van der Waals surface area contributed by atoms with E-state index >= 15 is 4.39 Å². The molecule has 1 aromatic heterocycles. The van der Waals surface area contributed by atoms with Crippen LogP contribution >= 0.6 is 23.2 Å². The van der Waals surface area contributed by atoms with E-state index < -0.39 is 11.9 Å². The SMILES string of the molecule is COC(=O)[C@@H]1Cc2cc3c(cc2CN1Cc1cccnn1)CC(c1ccc(OCc2ccc(Cl)c(Cl)c2)c(F)c1)CCO3. The van der Waals surface area contributed by atoms with Crippen molar-refractivity contribution >= 4 is 29.2 Å². The summed E-state index contributed by atoms with van der Waals surface area (Å²) in [5.74, 6) is 0.366. The van der Waals surface area contributed by atoms with E-state index in [0.29, 0.717) is 42.6 Å². The molecule has 3 heterocycles. The Morgan fingerprint density at radius 3 is 2.70 bits per heavy atom. The molecule has 0 N–H and O–H groups in total. The van der Waals surface area contributed by atoms with Crippen molar-refractivity contribution in [1.82, 2.24) is 15.1 Å². The fourth-order valence-electron chi connectivity index (χ4n) is 5.82. The molecule has 0 saturated heterocycles. The van der Waals surface area contributed by atoms with Crippen molar-refractivity contribution in [3.63, 3.8) is 0 Å². The van der Waals surface area contributed by atoms with Crippen molar-refractivity contribution in [2.45, 2.75) is 50.9 Å². The highest BCUT2D eigenvalue weighted by Gasteiger charge is 2.34. The van der Waals surface area contributed by atoms with Gasteiger partial charge in [-0.2, -0.15) is 10.2 Å². The molecule has 1 unspecified atom stereocenters. The number of fused-ring (bicyclic) bond motifs is 2. The van der Waals surface area contributed by atoms with Gasteiger partial charge in [0.1, 0.15) is 18.4 Å². The first-order chi connectivity index (χ1) is 20.9. The van der Waals surface area contributed by atoms with Gasteiger partial charge in [-0.05, 0) is 95.5 Å². The quantitative estimate of drug-likeness (QED) is 0.212. The van der Waals surface area contributed by atoms with Crippen LogP contribution in [0.1, 0.15) is 45.8 Å². The number of benzene rings is 3. The molecular formula is C33H30Cl2FN3O4. The lowest BCUT2D eigenvalue weighted by Gasteiger charge is -2.35. The minimum atomic E-state index is -0.434. The number of hydrogen-bond donors (Lipinski definition) is 0. The molecule has 4 aromatic rings. The zero-order chi connectivity index (χ0) is 29.9. The molecule has 222 valence electrons. The van der Waals surface area contributed by atoms with Gasteiger partial charge < -0.3 is 14.2 Å². The van der Waals surface area contributed by atoms with Crippen molar-refractivity contribution in [1.29, 1.82) is 0 Å². The average Bonchev–Trinajstić information content (AvgIpc) is 3.22. The summed E-state index contributed by atoms with van der Waals surface area (Å²) in [5.41, 5.74) is 5.74. The van der Waals surface area contributed by atoms with Gasteiger partial charge in [0.2, 0.25) is 0 Å². The molecular weight excluding hydrogens is 592 g/mol. The Morgan fingerprint density at radius 1 is 1.05 bits per heavy atom. The van der Waals surface area contributed by atoms with E-state index in [1.807, 2.05) is 18.2 Å².